The molecule has 2 unspecified atom stereocenters. The van der Waals surface area contributed by atoms with Crippen molar-refractivity contribution in [2.45, 2.75) is 96.1 Å². The highest BCUT2D eigenvalue weighted by Crippen LogP contribution is 2.42. The minimum absolute atomic E-state index is 0.201. The third-order valence-corrected chi connectivity index (χ3v) is 4.71. The number of alkyl carbamates (subject to hydrolysis) is 1. The van der Waals surface area contributed by atoms with Gasteiger partial charge in [-0.25, -0.2) is 14.4 Å². The molecule has 0 aromatic rings. The summed E-state index contributed by atoms with van der Waals surface area (Å²) in [6, 6.07) is -0.403. The van der Waals surface area contributed by atoms with E-state index in [9.17, 15) is 14.4 Å². The lowest BCUT2D eigenvalue weighted by atomic mass is 9.83. The third-order valence-electron chi connectivity index (χ3n) is 4.71. The highest BCUT2D eigenvalue weighted by Gasteiger charge is 2.56. The van der Waals surface area contributed by atoms with E-state index in [-0.39, 0.29) is 31.0 Å². The number of amides is 2. The van der Waals surface area contributed by atoms with E-state index < -0.39 is 28.8 Å². The molecule has 2 fully saturated rings. The van der Waals surface area contributed by atoms with Gasteiger partial charge in [-0.3, -0.25) is 0 Å². The van der Waals surface area contributed by atoms with Gasteiger partial charge in [0.25, 0.3) is 0 Å². The number of nitrogens with zero attached hydrogens (tertiary/aromatic N) is 1. The molecular formula is C19H32N2O6. The summed E-state index contributed by atoms with van der Waals surface area (Å²) < 4.78 is 15.8. The van der Waals surface area contributed by atoms with Gasteiger partial charge in [0, 0.05) is 24.9 Å². The number of fused-ring (bicyclic) bond motifs is 2. The SMILES string of the molecule is COC(=O)C1(NC(=O)OC(C)(C)C)CC2CCC(C1)N2C(=O)OC(C)(C)C. The molecule has 2 aliphatic rings. The molecule has 2 atom stereocenters. The Kier molecular flexibility index (Phi) is 5.69. The van der Waals surface area contributed by atoms with E-state index >= 15 is 0 Å². The molecule has 2 aliphatic heterocycles. The van der Waals surface area contributed by atoms with Gasteiger partial charge in [0.2, 0.25) is 0 Å². The van der Waals surface area contributed by atoms with Crippen LogP contribution < -0.4 is 5.32 Å². The van der Waals surface area contributed by atoms with Crippen molar-refractivity contribution in [3.05, 3.63) is 0 Å². The van der Waals surface area contributed by atoms with Crippen molar-refractivity contribution in [2.75, 3.05) is 7.11 Å². The number of esters is 1. The van der Waals surface area contributed by atoms with Crippen molar-refractivity contribution in [1.29, 1.82) is 0 Å². The number of hydrogen-bond donors (Lipinski definition) is 1. The van der Waals surface area contributed by atoms with Crippen molar-refractivity contribution in [3.8, 4) is 0 Å². The first kappa shape index (κ1) is 21.3. The van der Waals surface area contributed by atoms with Crippen molar-refractivity contribution < 1.29 is 28.6 Å². The summed E-state index contributed by atoms with van der Waals surface area (Å²) >= 11 is 0. The zero-order valence-electron chi connectivity index (χ0n) is 17.4. The summed E-state index contributed by atoms with van der Waals surface area (Å²) in [6.07, 6.45) is 0.990. The van der Waals surface area contributed by atoms with E-state index in [0.717, 1.165) is 12.8 Å². The smallest absolute Gasteiger partial charge is 0.410 e. The van der Waals surface area contributed by atoms with E-state index in [0.29, 0.717) is 0 Å². The highest BCUT2D eigenvalue weighted by atomic mass is 16.6. The van der Waals surface area contributed by atoms with Gasteiger partial charge in [-0.2, -0.15) is 0 Å². The minimum Gasteiger partial charge on any atom is -0.467 e. The van der Waals surface area contributed by atoms with Crippen LogP contribution in [0.2, 0.25) is 0 Å². The topological polar surface area (TPSA) is 94.2 Å². The Morgan fingerprint density at radius 2 is 1.41 bits per heavy atom. The number of hydrogen-bond acceptors (Lipinski definition) is 6. The highest BCUT2D eigenvalue weighted by molar-refractivity contribution is 5.86. The predicted octanol–water partition coefficient (Wildman–Crippen LogP) is 2.98. The molecular weight excluding hydrogens is 352 g/mol. The van der Waals surface area contributed by atoms with E-state index in [1.54, 1.807) is 25.7 Å². The first-order valence-electron chi connectivity index (χ1n) is 9.37. The maximum absolute atomic E-state index is 12.6. The normalized spacial score (nSPS) is 27.7. The Bertz CT molecular complexity index is 590. The molecule has 8 nitrogen and oxygen atoms in total. The lowest BCUT2D eigenvalue weighted by Crippen LogP contribution is -2.64. The van der Waals surface area contributed by atoms with Crippen LogP contribution in [0, 0.1) is 0 Å². The van der Waals surface area contributed by atoms with Crippen molar-refractivity contribution >= 4 is 18.2 Å². The van der Waals surface area contributed by atoms with Gasteiger partial charge in [-0.15, -0.1) is 0 Å². The summed E-state index contributed by atoms with van der Waals surface area (Å²) in [5.74, 6) is -0.519. The molecule has 2 rings (SSSR count). The Hall–Kier alpha value is -1.99. The minimum atomic E-state index is -1.21. The van der Waals surface area contributed by atoms with Crippen LogP contribution >= 0.6 is 0 Å². The molecule has 8 heteroatoms. The molecule has 2 saturated heterocycles. The second-order valence-corrected chi connectivity index (χ2v) is 9.38. The molecule has 0 aromatic heterocycles. The van der Waals surface area contributed by atoms with Crippen LogP contribution in [0.3, 0.4) is 0 Å². The first-order valence-corrected chi connectivity index (χ1v) is 9.37. The van der Waals surface area contributed by atoms with Gasteiger partial charge in [0.05, 0.1) is 7.11 Å². The number of ether oxygens (including phenoxy) is 3. The summed E-state index contributed by atoms with van der Waals surface area (Å²) in [5.41, 5.74) is -2.48. The van der Waals surface area contributed by atoms with Crippen LogP contribution in [0.5, 0.6) is 0 Å². The molecule has 2 bridgehead atoms. The molecule has 0 aromatic carbocycles. The van der Waals surface area contributed by atoms with Crippen LogP contribution in [0.25, 0.3) is 0 Å². The maximum Gasteiger partial charge on any atom is 0.410 e. The zero-order valence-corrected chi connectivity index (χ0v) is 17.4. The number of rotatable bonds is 2. The van der Waals surface area contributed by atoms with Gasteiger partial charge in [-0.1, -0.05) is 0 Å². The molecule has 1 N–H and O–H groups in total. The molecule has 2 amide bonds. The average molecular weight is 384 g/mol. The molecule has 0 aliphatic carbocycles. The van der Waals surface area contributed by atoms with Gasteiger partial charge in [0.1, 0.15) is 16.7 Å². The Morgan fingerprint density at radius 3 is 1.81 bits per heavy atom. The van der Waals surface area contributed by atoms with Crippen LogP contribution in [-0.2, 0) is 19.0 Å². The zero-order chi connectivity index (χ0) is 20.6. The molecule has 0 saturated carbocycles. The summed E-state index contributed by atoms with van der Waals surface area (Å²) in [5, 5.41) is 2.73. The first-order chi connectivity index (χ1) is 12.3. The van der Waals surface area contributed by atoms with Gasteiger partial charge < -0.3 is 24.4 Å². The number of nitrogens with one attached hydrogen (secondary N) is 1. The number of methoxy groups -OCH3 is 1. The van der Waals surface area contributed by atoms with Crippen LogP contribution in [0.1, 0.15) is 67.2 Å². The quantitative estimate of drug-likeness (QED) is 0.581. The summed E-state index contributed by atoms with van der Waals surface area (Å²) in [4.78, 5) is 39.3. The van der Waals surface area contributed by atoms with E-state index in [4.69, 9.17) is 14.2 Å². The Morgan fingerprint density at radius 1 is 0.926 bits per heavy atom. The summed E-state index contributed by atoms with van der Waals surface area (Å²) in [7, 11) is 1.29. The second kappa shape index (κ2) is 7.20. The predicted molar refractivity (Wildman–Crippen MR) is 98.2 cm³/mol. The summed E-state index contributed by atoms with van der Waals surface area (Å²) in [6.45, 7) is 10.7. The fourth-order valence-corrected chi connectivity index (χ4v) is 3.88. The van der Waals surface area contributed by atoms with Crippen molar-refractivity contribution in [1.82, 2.24) is 10.2 Å². The fourth-order valence-electron chi connectivity index (χ4n) is 3.88. The van der Waals surface area contributed by atoms with Crippen LogP contribution in [0.15, 0.2) is 0 Å². The van der Waals surface area contributed by atoms with Gasteiger partial charge >= 0.3 is 18.2 Å². The lowest BCUT2D eigenvalue weighted by Gasteiger charge is -2.45. The fraction of sp³-hybridized carbons (Fsp3) is 0.842. The third kappa shape index (κ3) is 5.05. The molecule has 2 heterocycles. The van der Waals surface area contributed by atoms with Gasteiger partial charge in [0.15, 0.2) is 0 Å². The van der Waals surface area contributed by atoms with Crippen molar-refractivity contribution in [2.24, 2.45) is 0 Å². The number of carbonyl (C=O) groups is 3. The van der Waals surface area contributed by atoms with E-state index in [2.05, 4.69) is 5.32 Å². The Labute approximate surface area is 160 Å². The monoisotopic (exact) mass is 384 g/mol. The second-order valence-electron chi connectivity index (χ2n) is 9.38. The average Bonchev–Trinajstić information content (AvgIpc) is 2.75. The maximum atomic E-state index is 12.6. The molecule has 154 valence electrons. The van der Waals surface area contributed by atoms with Gasteiger partial charge in [-0.05, 0) is 54.4 Å². The number of carbonyl (C=O) groups excluding carboxylic acids is 3. The van der Waals surface area contributed by atoms with Crippen molar-refractivity contribution in [3.63, 3.8) is 0 Å². The standard InChI is InChI=1S/C19H32N2O6/c1-17(2,3)26-15(23)20-19(14(22)25-7)10-12-8-9-13(11-19)21(12)16(24)27-18(4,5)6/h12-13H,8-11H2,1-7H3,(H,20,23). The van der Waals surface area contributed by atoms with Crippen LogP contribution in [0.4, 0.5) is 9.59 Å². The van der Waals surface area contributed by atoms with E-state index in [1.165, 1.54) is 7.11 Å². The molecule has 27 heavy (non-hydrogen) atoms. The molecule has 0 radical (unpaired) electrons. The van der Waals surface area contributed by atoms with Crippen LogP contribution in [-0.4, -0.2) is 59.0 Å². The van der Waals surface area contributed by atoms with E-state index in [1.807, 2.05) is 20.8 Å². The Balaban J connectivity index is 2.20. The lowest BCUT2D eigenvalue weighted by molar-refractivity contribution is -0.152. The number of piperidine rings is 1. The molecule has 0 spiro atoms. The largest absolute Gasteiger partial charge is 0.467 e.